The van der Waals surface area contributed by atoms with Crippen molar-refractivity contribution in [3.05, 3.63) is 54.6 Å². The lowest BCUT2D eigenvalue weighted by atomic mass is 10.1. The number of nitrogens with one attached hydrogen (secondary N) is 1. The summed E-state index contributed by atoms with van der Waals surface area (Å²) >= 11 is 0. The van der Waals surface area contributed by atoms with Gasteiger partial charge in [0.15, 0.2) is 0 Å². The number of carbonyl (C=O) groups excluding carboxylic acids is 1. The van der Waals surface area contributed by atoms with Gasteiger partial charge in [0.25, 0.3) is 0 Å². The zero-order chi connectivity index (χ0) is 13.9. The molecule has 1 aromatic carbocycles. The molecule has 2 aromatic rings. The number of anilines is 1. The van der Waals surface area contributed by atoms with E-state index in [1.54, 1.807) is 6.07 Å². The summed E-state index contributed by atoms with van der Waals surface area (Å²) in [5.74, 6) is 1.20. The van der Waals surface area contributed by atoms with Crippen molar-refractivity contribution in [2.75, 3.05) is 11.9 Å². The zero-order valence-electron chi connectivity index (χ0n) is 10.9. The van der Waals surface area contributed by atoms with Crippen molar-refractivity contribution in [1.82, 2.24) is 4.98 Å². The van der Waals surface area contributed by atoms with Gasteiger partial charge in [-0.3, -0.25) is 4.79 Å². The first-order valence-electron chi connectivity index (χ1n) is 6.43. The molecule has 1 aromatic heterocycles. The lowest BCUT2D eigenvalue weighted by Gasteiger charge is -2.06. The number of nitrogens with zero attached hydrogens (tertiary/aromatic N) is 1. The summed E-state index contributed by atoms with van der Waals surface area (Å²) < 4.78 is 5.49. The van der Waals surface area contributed by atoms with Gasteiger partial charge in [0, 0.05) is 12.0 Å². The fourth-order valence-electron chi connectivity index (χ4n) is 2.19. The normalized spacial score (nSPS) is 12.4. The number of benzene rings is 1. The summed E-state index contributed by atoms with van der Waals surface area (Å²) in [4.78, 5) is 15.7. The molecule has 1 aliphatic rings. The van der Waals surface area contributed by atoms with E-state index in [4.69, 9.17) is 4.74 Å². The molecule has 0 fully saturated rings. The molecular formula is C16H14N2O2. The first-order chi connectivity index (χ1) is 9.76. The number of pyridine rings is 1. The van der Waals surface area contributed by atoms with Crippen LogP contribution in [0.25, 0.3) is 11.3 Å². The molecule has 20 heavy (non-hydrogen) atoms. The molecule has 1 N–H and O–H groups in total. The fraction of sp³-hybridized carbons (Fsp3) is 0.125. The highest BCUT2D eigenvalue weighted by molar-refractivity contribution is 5.98. The summed E-state index contributed by atoms with van der Waals surface area (Å²) in [6.45, 7) is 4.16. The number of hydrogen-bond donors (Lipinski definition) is 1. The number of ether oxygens (including phenoxy) is 1. The largest absolute Gasteiger partial charge is 0.493 e. The van der Waals surface area contributed by atoms with Gasteiger partial charge in [0.05, 0.1) is 12.3 Å². The standard InChI is InChI=1S/C16H14N2O2/c1-2-16(19)18-15-5-3-4-13(17-15)11-6-7-14-12(10-11)8-9-20-14/h2-7,10H,1,8-9H2,(H,17,18,19). The molecule has 0 saturated carbocycles. The van der Waals surface area contributed by atoms with Crippen molar-refractivity contribution in [3.8, 4) is 17.0 Å². The first kappa shape index (κ1) is 12.4. The Labute approximate surface area is 117 Å². The van der Waals surface area contributed by atoms with E-state index in [0.29, 0.717) is 5.82 Å². The van der Waals surface area contributed by atoms with E-state index in [1.807, 2.05) is 24.3 Å². The van der Waals surface area contributed by atoms with Crippen molar-refractivity contribution in [1.29, 1.82) is 0 Å². The number of fused-ring (bicyclic) bond motifs is 1. The number of hydrogen-bond acceptors (Lipinski definition) is 3. The Hall–Kier alpha value is -2.62. The Morgan fingerprint density at radius 1 is 1.35 bits per heavy atom. The predicted molar refractivity (Wildman–Crippen MR) is 77.7 cm³/mol. The van der Waals surface area contributed by atoms with E-state index < -0.39 is 0 Å². The lowest BCUT2D eigenvalue weighted by Crippen LogP contribution is -2.08. The van der Waals surface area contributed by atoms with Gasteiger partial charge in [0.1, 0.15) is 11.6 Å². The fourth-order valence-corrected chi connectivity index (χ4v) is 2.19. The minimum atomic E-state index is -0.267. The SMILES string of the molecule is C=CC(=O)Nc1cccc(-c2ccc3c(c2)CCO3)n1. The van der Waals surface area contributed by atoms with Gasteiger partial charge < -0.3 is 10.1 Å². The second-order valence-electron chi connectivity index (χ2n) is 4.52. The Morgan fingerprint density at radius 3 is 3.10 bits per heavy atom. The molecule has 0 bridgehead atoms. The van der Waals surface area contributed by atoms with Crippen LogP contribution in [0.2, 0.25) is 0 Å². The molecule has 100 valence electrons. The Bertz CT molecular complexity index is 680. The Balaban J connectivity index is 1.92. The maximum atomic E-state index is 11.3. The average Bonchev–Trinajstić information content (AvgIpc) is 2.94. The minimum Gasteiger partial charge on any atom is -0.493 e. The van der Waals surface area contributed by atoms with Crippen molar-refractivity contribution < 1.29 is 9.53 Å². The quantitative estimate of drug-likeness (QED) is 0.869. The number of rotatable bonds is 3. The molecule has 2 heterocycles. The van der Waals surface area contributed by atoms with E-state index in [9.17, 15) is 4.79 Å². The summed E-state index contributed by atoms with van der Waals surface area (Å²) in [6.07, 6.45) is 2.15. The highest BCUT2D eigenvalue weighted by atomic mass is 16.5. The summed E-state index contributed by atoms with van der Waals surface area (Å²) in [6, 6.07) is 11.6. The van der Waals surface area contributed by atoms with Crippen LogP contribution in [-0.4, -0.2) is 17.5 Å². The molecule has 4 nitrogen and oxygen atoms in total. The highest BCUT2D eigenvalue weighted by Crippen LogP contribution is 2.30. The molecule has 1 aliphatic heterocycles. The van der Waals surface area contributed by atoms with E-state index in [-0.39, 0.29) is 5.91 Å². The number of amides is 1. The van der Waals surface area contributed by atoms with Gasteiger partial charge in [-0.2, -0.15) is 0 Å². The topological polar surface area (TPSA) is 51.2 Å². The van der Waals surface area contributed by atoms with Crippen LogP contribution in [0.5, 0.6) is 5.75 Å². The van der Waals surface area contributed by atoms with Crippen LogP contribution in [0.4, 0.5) is 5.82 Å². The third-order valence-electron chi connectivity index (χ3n) is 3.17. The van der Waals surface area contributed by atoms with Crippen LogP contribution in [0.3, 0.4) is 0 Å². The second kappa shape index (κ2) is 5.17. The van der Waals surface area contributed by atoms with Crippen LogP contribution < -0.4 is 10.1 Å². The van der Waals surface area contributed by atoms with E-state index in [2.05, 4.69) is 22.9 Å². The van der Waals surface area contributed by atoms with Gasteiger partial charge in [-0.15, -0.1) is 0 Å². The molecule has 1 amide bonds. The summed E-state index contributed by atoms with van der Waals surface area (Å²) in [5, 5.41) is 2.66. The first-order valence-corrected chi connectivity index (χ1v) is 6.43. The zero-order valence-corrected chi connectivity index (χ0v) is 10.9. The van der Waals surface area contributed by atoms with Crippen LogP contribution in [0, 0.1) is 0 Å². The van der Waals surface area contributed by atoms with Crippen LogP contribution in [0.1, 0.15) is 5.56 Å². The third kappa shape index (κ3) is 2.40. The molecule has 0 saturated heterocycles. The van der Waals surface area contributed by atoms with Crippen LogP contribution in [0.15, 0.2) is 49.1 Å². The van der Waals surface area contributed by atoms with Crippen molar-refractivity contribution in [2.24, 2.45) is 0 Å². The van der Waals surface area contributed by atoms with Crippen molar-refractivity contribution in [2.45, 2.75) is 6.42 Å². The number of aromatic nitrogens is 1. The van der Waals surface area contributed by atoms with Gasteiger partial charge >= 0.3 is 0 Å². The third-order valence-corrected chi connectivity index (χ3v) is 3.17. The lowest BCUT2D eigenvalue weighted by molar-refractivity contribution is -0.111. The molecular weight excluding hydrogens is 252 g/mol. The molecule has 0 radical (unpaired) electrons. The van der Waals surface area contributed by atoms with Crippen LogP contribution >= 0.6 is 0 Å². The van der Waals surface area contributed by atoms with Crippen molar-refractivity contribution >= 4 is 11.7 Å². The summed E-state index contributed by atoms with van der Waals surface area (Å²) in [5.41, 5.74) is 3.04. The Kier molecular flexibility index (Phi) is 3.21. The van der Waals surface area contributed by atoms with E-state index >= 15 is 0 Å². The van der Waals surface area contributed by atoms with Gasteiger partial charge in [-0.25, -0.2) is 4.98 Å². The smallest absolute Gasteiger partial charge is 0.248 e. The molecule has 0 atom stereocenters. The Morgan fingerprint density at radius 2 is 2.25 bits per heavy atom. The average molecular weight is 266 g/mol. The van der Waals surface area contributed by atoms with Gasteiger partial charge in [-0.05, 0) is 42.0 Å². The molecule has 4 heteroatoms. The molecule has 0 spiro atoms. The van der Waals surface area contributed by atoms with E-state index in [0.717, 1.165) is 30.0 Å². The number of carbonyl (C=O) groups is 1. The van der Waals surface area contributed by atoms with Gasteiger partial charge in [0.2, 0.25) is 5.91 Å². The monoisotopic (exact) mass is 266 g/mol. The maximum Gasteiger partial charge on any atom is 0.248 e. The van der Waals surface area contributed by atoms with Crippen molar-refractivity contribution in [3.63, 3.8) is 0 Å². The van der Waals surface area contributed by atoms with Gasteiger partial charge in [-0.1, -0.05) is 12.6 Å². The van der Waals surface area contributed by atoms with Crippen LogP contribution in [-0.2, 0) is 11.2 Å². The molecule has 0 unspecified atom stereocenters. The minimum absolute atomic E-state index is 0.267. The molecule has 0 aliphatic carbocycles. The maximum absolute atomic E-state index is 11.3. The molecule has 3 rings (SSSR count). The predicted octanol–water partition coefficient (Wildman–Crippen LogP) is 2.81. The van der Waals surface area contributed by atoms with E-state index in [1.165, 1.54) is 11.6 Å². The summed E-state index contributed by atoms with van der Waals surface area (Å²) in [7, 11) is 0. The second-order valence-corrected chi connectivity index (χ2v) is 4.52. The highest BCUT2D eigenvalue weighted by Gasteiger charge is 2.13.